The maximum Gasteiger partial charge on any atom is 0.231 e. The molecule has 0 saturated carbocycles. The van der Waals surface area contributed by atoms with Crippen LogP contribution < -0.4 is 23.7 Å². The molecule has 4 rings (SSSR count). The van der Waals surface area contributed by atoms with Crippen molar-refractivity contribution in [3.8, 4) is 28.7 Å². The van der Waals surface area contributed by atoms with E-state index < -0.39 is 0 Å². The average molecular weight is 439 g/mol. The van der Waals surface area contributed by atoms with Gasteiger partial charge in [0.2, 0.25) is 12.5 Å². The first-order chi connectivity index (χ1) is 15.5. The predicted molar refractivity (Wildman–Crippen MR) is 119 cm³/mol. The van der Waals surface area contributed by atoms with Gasteiger partial charge in [0.1, 0.15) is 17.9 Å². The minimum absolute atomic E-state index is 0.191. The summed E-state index contributed by atoms with van der Waals surface area (Å²) in [5.74, 6) is 2.04. The Hall–Kier alpha value is -3.65. The lowest BCUT2D eigenvalue weighted by molar-refractivity contribution is 0.104. The number of allylic oxidation sites excluding steroid dienone is 1. The van der Waals surface area contributed by atoms with Gasteiger partial charge in [-0.2, -0.15) is 0 Å². The Morgan fingerprint density at radius 2 is 1.84 bits per heavy atom. The van der Waals surface area contributed by atoms with Crippen molar-refractivity contribution >= 4 is 22.8 Å². The molecule has 0 saturated heterocycles. The van der Waals surface area contributed by atoms with Crippen molar-refractivity contribution in [2.24, 2.45) is 0 Å². The fourth-order valence-electron chi connectivity index (χ4n) is 3.48. The van der Waals surface area contributed by atoms with Crippen LogP contribution in [0.3, 0.4) is 0 Å². The number of carbonyl (C=O) groups excluding carboxylic acids is 1. The molecule has 0 unspecified atom stereocenters. The van der Waals surface area contributed by atoms with E-state index in [1.165, 1.54) is 26.6 Å². The largest absolute Gasteiger partial charge is 0.495 e. The highest BCUT2D eigenvalue weighted by Gasteiger charge is 2.28. The van der Waals surface area contributed by atoms with Crippen molar-refractivity contribution in [2.45, 2.75) is 0 Å². The number of benzene rings is 2. The van der Waals surface area contributed by atoms with Gasteiger partial charge >= 0.3 is 0 Å². The zero-order valence-electron chi connectivity index (χ0n) is 18.5. The van der Waals surface area contributed by atoms with Gasteiger partial charge in [-0.25, -0.2) is 0 Å². The summed E-state index contributed by atoms with van der Waals surface area (Å²) in [4.78, 5) is 15.4. The van der Waals surface area contributed by atoms with Gasteiger partial charge in [-0.15, -0.1) is 0 Å². The van der Waals surface area contributed by atoms with Gasteiger partial charge in [-0.05, 0) is 43.9 Å². The smallest absolute Gasteiger partial charge is 0.231 e. The lowest BCUT2D eigenvalue weighted by Crippen LogP contribution is -2.20. The van der Waals surface area contributed by atoms with Crippen LogP contribution >= 0.6 is 0 Å². The van der Waals surface area contributed by atoms with Gasteiger partial charge in [0, 0.05) is 6.54 Å². The summed E-state index contributed by atoms with van der Waals surface area (Å²) in [6.07, 6.45) is 4.70. The third kappa shape index (κ3) is 4.09. The number of hydrogen-bond donors (Lipinski definition) is 0. The van der Waals surface area contributed by atoms with E-state index in [2.05, 4.69) is 0 Å². The topological polar surface area (TPSA) is 79.6 Å². The minimum atomic E-state index is -0.291. The van der Waals surface area contributed by atoms with E-state index >= 15 is 0 Å². The van der Waals surface area contributed by atoms with Crippen molar-refractivity contribution in [1.29, 1.82) is 0 Å². The molecule has 2 heterocycles. The molecule has 0 spiro atoms. The molecule has 0 amide bonds. The van der Waals surface area contributed by atoms with Gasteiger partial charge in [0.25, 0.3) is 0 Å². The van der Waals surface area contributed by atoms with Crippen LogP contribution in [0.1, 0.15) is 15.9 Å². The van der Waals surface area contributed by atoms with Gasteiger partial charge in [-0.1, -0.05) is 12.1 Å². The molecule has 1 aliphatic rings. The van der Waals surface area contributed by atoms with Crippen LogP contribution in [0.5, 0.6) is 28.7 Å². The number of ether oxygens (including phenoxy) is 5. The van der Waals surface area contributed by atoms with Gasteiger partial charge in [-0.3, -0.25) is 4.79 Å². The van der Waals surface area contributed by atoms with E-state index in [9.17, 15) is 4.79 Å². The zero-order chi connectivity index (χ0) is 22.7. The van der Waals surface area contributed by atoms with Crippen LogP contribution in [0.4, 0.5) is 0 Å². The molecule has 0 radical (unpaired) electrons. The highest BCUT2D eigenvalue weighted by Crippen LogP contribution is 2.46. The van der Waals surface area contributed by atoms with Crippen LogP contribution in [0.2, 0.25) is 0 Å². The Morgan fingerprint density at radius 1 is 1.06 bits per heavy atom. The quantitative estimate of drug-likeness (QED) is 0.365. The Labute approximate surface area is 185 Å². The lowest BCUT2D eigenvalue weighted by Gasteiger charge is -2.18. The Balaban J connectivity index is 1.75. The zero-order valence-corrected chi connectivity index (χ0v) is 18.5. The fourth-order valence-corrected chi connectivity index (χ4v) is 3.48. The summed E-state index contributed by atoms with van der Waals surface area (Å²) in [6.45, 7) is 1.20. The maximum atomic E-state index is 13.4. The van der Waals surface area contributed by atoms with E-state index in [1.54, 1.807) is 12.1 Å². The number of methoxy groups -OCH3 is 2. The molecule has 1 aromatic heterocycles. The summed E-state index contributed by atoms with van der Waals surface area (Å²) in [5, 5.41) is 0.629. The van der Waals surface area contributed by atoms with Crippen LogP contribution in [0.15, 0.2) is 41.0 Å². The molecule has 32 heavy (non-hydrogen) atoms. The molecule has 0 fully saturated rings. The molecule has 0 N–H and O–H groups in total. The van der Waals surface area contributed by atoms with Gasteiger partial charge in [0.15, 0.2) is 28.6 Å². The van der Waals surface area contributed by atoms with Crippen LogP contribution in [-0.4, -0.2) is 58.9 Å². The summed E-state index contributed by atoms with van der Waals surface area (Å²) in [6, 6.07) is 7.21. The highest BCUT2D eigenvalue weighted by molar-refractivity contribution is 6.15. The van der Waals surface area contributed by atoms with Crippen LogP contribution in [-0.2, 0) is 0 Å². The Bertz CT molecular complexity index is 1160. The number of rotatable bonds is 9. The van der Waals surface area contributed by atoms with E-state index in [0.717, 1.165) is 5.56 Å². The molecule has 0 aliphatic carbocycles. The van der Waals surface area contributed by atoms with Gasteiger partial charge < -0.3 is 33.0 Å². The number of nitrogens with zero attached hydrogens (tertiary/aromatic N) is 1. The first-order valence-electron chi connectivity index (χ1n) is 10.1. The number of carbonyl (C=O) groups is 1. The Morgan fingerprint density at radius 3 is 2.59 bits per heavy atom. The SMILES string of the molecule is COc1c(C(=O)/C=C/c2ccc3c(c2)OCO3)c(OCCN(C)C)c(OC)c2occc12. The van der Waals surface area contributed by atoms with Gasteiger partial charge in [0.05, 0.1) is 25.9 Å². The van der Waals surface area contributed by atoms with Crippen LogP contribution in [0, 0.1) is 0 Å². The highest BCUT2D eigenvalue weighted by atomic mass is 16.7. The van der Waals surface area contributed by atoms with Crippen molar-refractivity contribution in [2.75, 3.05) is 48.3 Å². The molecular weight excluding hydrogens is 414 g/mol. The number of furan rings is 1. The second-order valence-electron chi connectivity index (χ2n) is 7.40. The monoisotopic (exact) mass is 439 g/mol. The third-order valence-electron chi connectivity index (χ3n) is 5.04. The normalized spacial score (nSPS) is 12.7. The third-order valence-corrected chi connectivity index (χ3v) is 5.04. The van der Waals surface area contributed by atoms with Crippen molar-refractivity contribution in [1.82, 2.24) is 4.90 Å². The average Bonchev–Trinajstić information content (AvgIpc) is 3.45. The standard InChI is InChI=1S/C24H25NO7/c1-25(2)10-12-30-23-20(21(27-3)16-9-11-29-22(16)24(23)28-4)17(26)7-5-15-6-8-18-19(13-15)32-14-31-18/h5-9,11,13H,10,12,14H2,1-4H3/b7-5+. The van der Waals surface area contributed by atoms with E-state index in [0.29, 0.717) is 47.1 Å². The second kappa shape index (κ2) is 9.23. The van der Waals surface area contributed by atoms with Crippen LogP contribution in [0.25, 0.3) is 17.0 Å². The number of fused-ring (bicyclic) bond motifs is 2. The summed E-state index contributed by atoms with van der Waals surface area (Å²) < 4.78 is 33.6. The summed E-state index contributed by atoms with van der Waals surface area (Å²) >= 11 is 0. The van der Waals surface area contributed by atoms with Crippen molar-refractivity contribution in [3.05, 3.63) is 47.7 Å². The lowest BCUT2D eigenvalue weighted by atomic mass is 10.0. The van der Waals surface area contributed by atoms with E-state index in [4.69, 9.17) is 28.1 Å². The molecule has 0 atom stereocenters. The molecule has 2 aromatic carbocycles. The summed E-state index contributed by atoms with van der Waals surface area (Å²) in [7, 11) is 6.91. The first-order valence-corrected chi connectivity index (χ1v) is 10.1. The molecule has 8 nitrogen and oxygen atoms in total. The number of ketones is 1. The molecule has 0 bridgehead atoms. The van der Waals surface area contributed by atoms with Crippen molar-refractivity contribution in [3.63, 3.8) is 0 Å². The van der Waals surface area contributed by atoms with E-state index in [-0.39, 0.29) is 23.9 Å². The molecule has 1 aliphatic heterocycles. The fraction of sp³-hybridized carbons (Fsp3) is 0.292. The minimum Gasteiger partial charge on any atom is -0.495 e. The molecule has 168 valence electrons. The predicted octanol–water partition coefficient (Wildman–Crippen LogP) is 4.02. The number of hydrogen-bond acceptors (Lipinski definition) is 8. The first kappa shape index (κ1) is 21.6. The van der Waals surface area contributed by atoms with E-state index in [1.807, 2.05) is 37.2 Å². The summed E-state index contributed by atoms with van der Waals surface area (Å²) in [5.41, 5.74) is 1.53. The number of likely N-dealkylation sites (N-methyl/N-ethyl adjacent to an activating group) is 1. The maximum absolute atomic E-state index is 13.4. The Kier molecular flexibility index (Phi) is 6.23. The molecular formula is C24H25NO7. The molecule has 8 heteroatoms. The van der Waals surface area contributed by atoms with Crippen molar-refractivity contribution < 1.29 is 32.9 Å². The molecule has 3 aromatic rings. The second-order valence-corrected chi connectivity index (χ2v) is 7.40.